The normalized spacial score (nSPS) is 12.1. The molecule has 19 heavy (non-hydrogen) atoms. The molecule has 0 saturated carbocycles. The largest absolute Gasteiger partial charge is 0.394 e. The number of carbonyl (C=O) groups is 1. The Kier molecular flexibility index (Phi) is 4.69. The first-order valence-electron chi connectivity index (χ1n) is 6.22. The van der Waals surface area contributed by atoms with Gasteiger partial charge in [0.15, 0.2) is 0 Å². The number of hydrogen-bond acceptors (Lipinski definition) is 3. The highest BCUT2D eigenvalue weighted by molar-refractivity contribution is 5.76. The molecule has 100 valence electrons. The third kappa shape index (κ3) is 3.93. The third-order valence-corrected chi connectivity index (χ3v) is 2.85. The predicted octanol–water partition coefficient (Wildman–Crippen LogP) is 1.12. The van der Waals surface area contributed by atoms with Crippen LogP contribution in [0.25, 0.3) is 0 Å². The fourth-order valence-electron chi connectivity index (χ4n) is 1.84. The smallest absolute Gasteiger partial charge is 0.222 e. The van der Waals surface area contributed by atoms with Crippen LogP contribution in [0, 0.1) is 0 Å². The van der Waals surface area contributed by atoms with Crippen LogP contribution in [-0.4, -0.2) is 27.4 Å². The number of aliphatic hydroxyl groups excluding tert-OH is 1. The van der Waals surface area contributed by atoms with Crippen LogP contribution in [0.4, 0.5) is 0 Å². The summed E-state index contributed by atoms with van der Waals surface area (Å²) in [7, 11) is 0. The minimum atomic E-state index is -0.355. The monoisotopic (exact) mass is 259 g/mol. The van der Waals surface area contributed by atoms with Crippen LogP contribution in [0.15, 0.2) is 48.8 Å². The van der Waals surface area contributed by atoms with Crippen molar-refractivity contribution in [3.63, 3.8) is 0 Å². The van der Waals surface area contributed by atoms with E-state index in [1.807, 2.05) is 42.6 Å². The third-order valence-electron chi connectivity index (χ3n) is 2.85. The molecule has 0 aliphatic carbocycles. The lowest BCUT2D eigenvalue weighted by molar-refractivity contribution is -0.122. The molecule has 5 nitrogen and oxygen atoms in total. The lowest BCUT2D eigenvalue weighted by Crippen LogP contribution is -2.31. The van der Waals surface area contributed by atoms with Gasteiger partial charge in [-0.15, -0.1) is 0 Å². The van der Waals surface area contributed by atoms with Crippen molar-refractivity contribution in [3.05, 3.63) is 54.4 Å². The van der Waals surface area contributed by atoms with Gasteiger partial charge in [-0.05, 0) is 11.6 Å². The van der Waals surface area contributed by atoms with E-state index in [2.05, 4.69) is 10.4 Å². The fraction of sp³-hybridized carbons (Fsp3) is 0.286. The van der Waals surface area contributed by atoms with E-state index < -0.39 is 0 Å². The summed E-state index contributed by atoms with van der Waals surface area (Å²) in [4.78, 5) is 11.8. The number of aryl methyl sites for hydroxylation is 1. The molecule has 1 aromatic carbocycles. The first kappa shape index (κ1) is 13.3. The Bertz CT molecular complexity index is 497. The topological polar surface area (TPSA) is 67.2 Å². The summed E-state index contributed by atoms with van der Waals surface area (Å²) in [6.07, 6.45) is 3.83. The SMILES string of the molecule is O=C(CCn1cccn1)N[C@H](CO)c1ccccc1. The first-order valence-corrected chi connectivity index (χ1v) is 6.22. The molecule has 1 heterocycles. The van der Waals surface area contributed by atoms with E-state index in [1.54, 1.807) is 10.9 Å². The molecule has 1 atom stereocenters. The lowest BCUT2D eigenvalue weighted by atomic mass is 10.1. The Morgan fingerprint density at radius 2 is 2.11 bits per heavy atom. The summed E-state index contributed by atoms with van der Waals surface area (Å²) in [6, 6.07) is 10.9. The number of benzene rings is 1. The summed E-state index contributed by atoms with van der Waals surface area (Å²) in [5.41, 5.74) is 0.900. The van der Waals surface area contributed by atoms with Crippen molar-refractivity contribution in [2.75, 3.05) is 6.61 Å². The van der Waals surface area contributed by atoms with E-state index in [-0.39, 0.29) is 18.6 Å². The number of aliphatic hydroxyl groups is 1. The molecular weight excluding hydrogens is 242 g/mol. The van der Waals surface area contributed by atoms with Gasteiger partial charge in [0.2, 0.25) is 5.91 Å². The summed E-state index contributed by atoms with van der Waals surface area (Å²) in [5, 5.41) is 16.2. The molecule has 0 saturated heterocycles. The number of rotatable bonds is 6. The van der Waals surface area contributed by atoms with Crippen molar-refractivity contribution < 1.29 is 9.90 Å². The Hall–Kier alpha value is -2.14. The van der Waals surface area contributed by atoms with Crippen molar-refractivity contribution in [1.29, 1.82) is 0 Å². The van der Waals surface area contributed by atoms with Gasteiger partial charge >= 0.3 is 0 Å². The second-order valence-electron chi connectivity index (χ2n) is 4.23. The molecule has 0 radical (unpaired) electrons. The molecule has 2 rings (SSSR count). The van der Waals surface area contributed by atoms with Crippen LogP contribution in [0.5, 0.6) is 0 Å². The summed E-state index contributed by atoms with van der Waals surface area (Å²) in [5.74, 6) is -0.0987. The number of aromatic nitrogens is 2. The van der Waals surface area contributed by atoms with Crippen LogP contribution >= 0.6 is 0 Å². The van der Waals surface area contributed by atoms with Gasteiger partial charge in [-0.2, -0.15) is 5.10 Å². The molecule has 0 fully saturated rings. The molecule has 0 bridgehead atoms. The molecule has 0 unspecified atom stereocenters. The average Bonchev–Trinajstić information content (AvgIpc) is 2.97. The number of amides is 1. The van der Waals surface area contributed by atoms with E-state index in [4.69, 9.17) is 0 Å². The van der Waals surface area contributed by atoms with E-state index in [0.717, 1.165) is 5.56 Å². The molecule has 0 spiro atoms. The quantitative estimate of drug-likeness (QED) is 0.817. The minimum absolute atomic E-state index is 0.0987. The van der Waals surface area contributed by atoms with Crippen molar-refractivity contribution >= 4 is 5.91 Å². The highest BCUT2D eigenvalue weighted by Crippen LogP contribution is 2.11. The molecule has 0 aliphatic heterocycles. The predicted molar refractivity (Wildman–Crippen MR) is 71.3 cm³/mol. The maximum atomic E-state index is 11.8. The van der Waals surface area contributed by atoms with Gasteiger partial charge < -0.3 is 10.4 Å². The van der Waals surface area contributed by atoms with E-state index >= 15 is 0 Å². The van der Waals surface area contributed by atoms with Crippen LogP contribution in [0.3, 0.4) is 0 Å². The second-order valence-corrected chi connectivity index (χ2v) is 4.23. The Morgan fingerprint density at radius 1 is 1.32 bits per heavy atom. The van der Waals surface area contributed by atoms with Gasteiger partial charge in [0.05, 0.1) is 12.6 Å². The van der Waals surface area contributed by atoms with E-state index in [9.17, 15) is 9.90 Å². The maximum absolute atomic E-state index is 11.8. The number of nitrogens with zero attached hydrogens (tertiary/aromatic N) is 2. The highest BCUT2D eigenvalue weighted by Gasteiger charge is 2.13. The summed E-state index contributed by atoms with van der Waals surface area (Å²) in [6.45, 7) is 0.420. The zero-order valence-electron chi connectivity index (χ0n) is 10.6. The molecule has 5 heteroatoms. The Morgan fingerprint density at radius 3 is 2.74 bits per heavy atom. The van der Waals surface area contributed by atoms with Gasteiger partial charge in [0, 0.05) is 25.4 Å². The Balaban J connectivity index is 1.86. The average molecular weight is 259 g/mol. The standard InChI is InChI=1S/C14H17N3O2/c18-11-13(12-5-2-1-3-6-12)16-14(19)7-10-17-9-4-8-15-17/h1-6,8-9,13,18H,7,10-11H2,(H,16,19)/t13-/m1/s1. The van der Waals surface area contributed by atoms with Crippen molar-refractivity contribution in [2.45, 2.75) is 19.0 Å². The van der Waals surface area contributed by atoms with Crippen LogP contribution in [-0.2, 0) is 11.3 Å². The van der Waals surface area contributed by atoms with Crippen LogP contribution in [0.1, 0.15) is 18.0 Å². The maximum Gasteiger partial charge on any atom is 0.222 e. The summed E-state index contributed by atoms with van der Waals surface area (Å²) >= 11 is 0. The molecule has 2 N–H and O–H groups in total. The van der Waals surface area contributed by atoms with Gasteiger partial charge in [-0.25, -0.2) is 0 Å². The second kappa shape index (κ2) is 6.70. The van der Waals surface area contributed by atoms with Crippen molar-refractivity contribution in [1.82, 2.24) is 15.1 Å². The van der Waals surface area contributed by atoms with Gasteiger partial charge in [0.25, 0.3) is 0 Å². The zero-order chi connectivity index (χ0) is 13.5. The first-order chi connectivity index (χ1) is 9.29. The number of nitrogens with one attached hydrogen (secondary N) is 1. The van der Waals surface area contributed by atoms with Crippen LogP contribution in [0.2, 0.25) is 0 Å². The van der Waals surface area contributed by atoms with Crippen LogP contribution < -0.4 is 5.32 Å². The van der Waals surface area contributed by atoms with Crippen molar-refractivity contribution in [2.24, 2.45) is 0 Å². The highest BCUT2D eigenvalue weighted by atomic mass is 16.3. The van der Waals surface area contributed by atoms with Crippen molar-refractivity contribution in [3.8, 4) is 0 Å². The molecule has 1 amide bonds. The van der Waals surface area contributed by atoms with E-state index in [0.29, 0.717) is 13.0 Å². The number of hydrogen-bond donors (Lipinski definition) is 2. The molecule has 0 aliphatic rings. The zero-order valence-corrected chi connectivity index (χ0v) is 10.6. The fourth-order valence-corrected chi connectivity index (χ4v) is 1.84. The van der Waals surface area contributed by atoms with Gasteiger partial charge in [0.1, 0.15) is 0 Å². The van der Waals surface area contributed by atoms with E-state index in [1.165, 1.54) is 0 Å². The van der Waals surface area contributed by atoms with Gasteiger partial charge in [-0.3, -0.25) is 9.48 Å². The summed E-state index contributed by atoms with van der Waals surface area (Å²) < 4.78 is 1.70. The number of carbonyl (C=O) groups excluding carboxylic acids is 1. The molecule has 2 aromatic rings. The lowest BCUT2D eigenvalue weighted by Gasteiger charge is -2.16. The molecular formula is C14H17N3O2. The minimum Gasteiger partial charge on any atom is -0.394 e. The molecule has 1 aromatic heterocycles. The van der Waals surface area contributed by atoms with Gasteiger partial charge in [-0.1, -0.05) is 30.3 Å². The Labute approximate surface area is 111 Å².